The van der Waals surface area contributed by atoms with Gasteiger partial charge in [-0.2, -0.15) is 0 Å². The molecule has 1 aliphatic rings. The number of nitrogens with one attached hydrogen (secondary N) is 2. The van der Waals surface area contributed by atoms with Crippen LogP contribution in [-0.2, 0) is 22.9 Å². The van der Waals surface area contributed by atoms with Crippen LogP contribution < -0.4 is 10.0 Å². The number of anilines is 1. The van der Waals surface area contributed by atoms with Crippen molar-refractivity contribution in [2.75, 3.05) is 11.9 Å². The van der Waals surface area contributed by atoms with E-state index < -0.39 is 10.0 Å². The molecular formula is C19H22N2O3S. The first-order valence-electron chi connectivity index (χ1n) is 8.53. The first-order valence-corrected chi connectivity index (χ1v) is 10.0. The fourth-order valence-corrected chi connectivity index (χ4v) is 4.26. The number of carbonyl (C=O) groups is 1. The molecule has 2 aromatic carbocycles. The van der Waals surface area contributed by atoms with Crippen molar-refractivity contribution in [3.05, 3.63) is 59.2 Å². The number of fused-ring (bicyclic) bond motifs is 1. The molecule has 0 atom stereocenters. The van der Waals surface area contributed by atoms with Crippen molar-refractivity contribution >= 4 is 21.6 Å². The van der Waals surface area contributed by atoms with Gasteiger partial charge in [0.15, 0.2) is 0 Å². The molecule has 2 aromatic rings. The van der Waals surface area contributed by atoms with Crippen molar-refractivity contribution in [1.82, 2.24) is 4.72 Å². The van der Waals surface area contributed by atoms with E-state index in [0.717, 1.165) is 24.9 Å². The average Bonchev–Trinajstić information content (AvgIpc) is 2.62. The third-order valence-corrected chi connectivity index (χ3v) is 5.93. The van der Waals surface area contributed by atoms with Crippen LogP contribution in [0.5, 0.6) is 0 Å². The fraction of sp³-hybridized carbons (Fsp3) is 0.316. The molecule has 25 heavy (non-hydrogen) atoms. The van der Waals surface area contributed by atoms with Crippen molar-refractivity contribution in [2.24, 2.45) is 0 Å². The molecule has 0 fully saturated rings. The van der Waals surface area contributed by atoms with Crippen LogP contribution in [0.3, 0.4) is 0 Å². The summed E-state index contributed by atoms with van der Waals surface area (Å²) in [6, 6.07) is 12.1. The van der Waals surface area contributed by atoms with Crippen LogP contribution in [0.25, 0.3) is 0 Å². The number of rotatable bonds is 5. The predicted molar refractivity (Wildman–Crippen MR) is 98.3 cm³/mol. The van der Waals surface area contributed by atoms with Gasteiger partial charge in [-0.15, -0.1) is 0 Å². The van der Waals surface area contributed by atoms with Crippen LogP contribution in [0.15, 0.2) is 47.4 Å². The number of hydrogen-bond acceptors (Lipinski definition) is 3. The van der Waals surface area contributed by atoms with Crippen LogP contribution in [0, 0.1) is 0 Å². The normalized spacial score (nSPS) is 14.0. The van der Waals surface area contributed by atoms with Crippen LogP contribution in [-0.4, -0.2) is 20.9 Å². The van der Waals surface area contributed by atoms with Crippen LogP contribution in [0.1, 0.15) is 41.3 Å². The number of aryl methyl sites for hydroxylation is 1. The number of benzene rings is 2. The summed E-state index contributed by atoms with van der Waals surface area (Å²) in [5.41, 5.74) is 3.63. The van der Waals surface area contributed by atoms with Crippen LogP contribution in [0.4, 0.5) is 5.69 Å². The highest BCUT2D eigenvalue weighted by Gasteiger charge is 2.17. The molecule has 0 aromatic heterocycles. The van der Waals surface area contributed by atoms with Gasteiger partial charge in [0.25, 0.3) is 5.91 Å². The number of carbonyl (C=O) groups excluding carboxylic acids is 1. The molecule has 6 heteroatoms. The number of amides is 1. The average molecular weight is 358 g/mol. The SMILES string of the molecule is CCNS(=O)(=O)c1cccc(C(=O)Nc2cccc3c2CCCC3)c1. The Balaban J connectivity index is 1.85. The molecule has 1 amide bonds. The first-order chi connectivity index (χ1) is 12.0. The second-order valence-electron chi connectivity index (χ2n) is 6.13. The maximum absolute atomic E-state index is 12.6. The van der Waals surface area contributed by atoms with E-state index in [2.05, 4.69) is 16.1 Å². The van der Waals surface area contributed by atoms with E-state index in [9.17, 15) is 13.2 Å². The summed E-state index contributed by atoms with van der Waals surface area (Å²) in [4.78, 5) is 12.7. The van der Waals surface area contributed by atoms with Gasteiger partial charge in [-0.1, -0.05) is 25.1 Å². The van der Waals surface area contributed by atoms with Gasteiger partial charge in [-0.25, -0.2) is 13.1 Å². The Bertz CT molecular complexity index is 891. The van der Waals surface area contributed by atoms with E-state index in [-0.39, 0.29) is 10.8 Å². The Labute approximate surface area is 148 Å². The quantitative estimate of drug-likeness (QED) is 0.862. The maximum atomic E-state index is 12.6. The van der Waals surface area contributed by atoms with Crippen molar-refractivity contribution in [3.8, 4) is 0 Å². The molecule has 3 rings (SSSR count). The molecule has 132 valence electrons. The highest BCUT2D eigenvalue weighted by molar-refractivity contribution is 7.89. The van der Waals surface area contributed by atoms with Gasteiger partial charge < -0.3 is 5.32 Å². The van der Waals surface area contributed by atoms with E-state index in [4.69, 9.17) is 0 Å². The number of sulfonamides is 1. The predicted octanol–water partition coefficient (Wildman–Crippen LogP) is 3.12. The Hall–Kier alpha value is -2.18. The molecule has 0 saturated carbocycles. The highest BCUT2D eigenvalue weighted by Crippen LogP contribution is 2.28. The molecule has 2 N–H and O–H groups in total. The third kappa shape index (κ3) is 3.91. The molecule has 0 aliphatic heterocycles. The third-order valence-electron chi connectivity index (χ3n) is 4.39. The van der Waals surface area contributed by atoms with Gasteiger partial charge in [0, 0.05) is 17.8 Å². The summed E-state index contributed by atoms with van der Waals surface area (Å²) in [5, 5.41) is 2.94. The van der Waals surface area contributed by atoms with Crippen molar-refractivity contribution < 1.29 is 13.2 Å². The van der Waals surface area contributed by atoms with Crippen LogP contribution >= 0.6 is 0 Å². The standard InChI is InChI=1S/C19H22N2O3S/c1-2-20-25(23,24)16-10-5-9-15(13-16)19(22)21-18-12-6-8-14-7-3-4-11-17(14)18/h5-6,8-10,12-13,20H,2-4,7,11H2,1H3,(H,21,22). The van der Waals surface area contributed by atoms with Gasteiger partial charge in [0.2, 0.25) is 10.0 Å². The minimum Gasteiger partial charge on any atom is -0.322 e. The van der Waals surface area contributed by atoms with Crippen molar-refractivity contribution in [2.45, 2.75) is 37.5 Å². The first kappa shape index (κ1) is 17.6. The lowest BCUT2D eigenvalue weighted by atomic mass is 9.90. The zero-order chi connectivity index (χ0) is 17.9. The van der Waals surface area contributed by atoms with Crippen LogP contribution in [0.2, 0.25) is 0 Å². The maximum Gasteiger partial charge on any atom is 0.255 e. The molecular weight excluding hydrogens is 336 g/mol. The molecule has 0 bridgehead atoms. The summed E-state index contributed by atoms with van der Waals surface area (Å²) in [6.07, 6.45) is 4.29. The Morgan fingerprint density at radius 2 is 1.84 bits per heavy atom. The van der Waals surface area contributed by atoms with Crippen molar-refractivity contribution in [3.63, 3.8) is 0 Å². The molecule has 0 saturated heterocycles. The zero-order valence-corrected chi connectivity index (χ0v) is 15.0. The number of hydrogen-bond donors (Lipinski definition) is 2. The molecule has 0 spiro atoms. The minimum absolute atomic E-state index is 0.0945. The van der Waals surface area contributed by atoms with E-state index in [1.807, 2.05) is 12.1 Å². The second-order valence-corrected chi connectivity index (χ2v) is 7.90. The summed E-state index contributed by atoms with van der Waals surface area (Å²) >= 11 is 0. The van der Waals surface area contributed by atoms with Gasteiger partial charge in [0.1, 0.15) is 0 Å². The lowest BCUT2D eigenvalue weighted by Gasteiger charge is -2.19. The van der Waals surface area contributed by atoms with E-state index in [1.54, 1.807) is 19.1 Å². The highest BCUT2D eigenvalue weighted by atomic mass is 32.2. The fourth-order valence-electron chi connectivity index (χ4n) is 3.17. The van der Waals surface area contributed by atoms with Gasteiger partial charge in [-0.3, -0.25) is 4.79 Å². The molecule has 1 aliphatic carbocycles. The topological polar surface area (TPSA) is 75.3 Å². The summed E-state index contributed by atoms with van der Waals surface area (Å²) in [6.45, 7) is 2.02. The lowest BCUT2D eigenvalue weighted by molar-refractivity contribution is 0.102. The second kappa shape index (κ2) is 7.37. The molecule has 0 radical (unpaired) electrons. The molecule has 0 heterocycles. The van der Waals surface area contributed by atoms with E-state index in [1.165, 1.54) is 29.7 Å². The summed E-state index contributed by atoms with van der Waals surface area (Å²) in [5.74, 6) is -0.299. The molecule has 5 nitrogen and oxygen atoms in total. The zero-order valence-electron chi connectivity index (χ0n) is 14.2. The Kier molecular flexibility index (Phi) is 5.20. The monoisotopic (exact) mass is 358 g/mol. The van der Waals surface area contributed by atoms with Gasteiger partial charge in [-0.05, 0) is 61.1 Å². The summed E-state index contributed by atoms with van der Waals surface area (Å²) < 4.78 is 26.7. The Morgan fingerprint density at radius 3 is 2.64 bits per heavy atom. The Morgan fingerprint density at radius 1 is 1.08 bits per heavy atom. The van der Waals surface area contributed by atoms with Gasteiger partial charge >= 0.3 is 0 Å². The van der Waals surface area contributed by atoms with E-state index >= 15 is 0 Å². The van der Waals surface area contributed by atoms with Crippen molar-refractivity contribution in [1.29, 1.82) is 0 Å². The molecule has 0 unspecified atom stereocenters. The summed E-state index contributed by atoms with van der Waals surface area (Å²) in [7, 11) is -3.58. The smallest absolute Gasteiger partial charge is 0.255 e. The minimum atomic E-state index is -3.58. The van der Waals surface area contributed by atoms with E-state index in [0.29, 0.717) is 12.1 Å². The lowest BCUT2D eigenvalue weighted by Crippen LogP contribution is -2.23. The largest absolute Gasteiger partial charge is 0.322 e. The van der Waals surface area contributed by atoms with Gasteiger partial charge in [0.05, 0.1) is 4.90 Å².